The Labute approximate surface area is 147 Å². The number of rotatable bonds is 2. The number of hydrogen-bond donors (Lipinski definition) is 1. The van der Waals surface area contributed by atoms with Gasteiger partial charge in [0, 0.05) is 22.5 Å². The fourth-order valence-corrected chi connectivity index (χ4v) is 3.10. The third-order valence-electron chi connectivity index (χ3n) is 4.24. The molecule has 4 aromatic rings. The molecule has 0 spiro atoms. The second kappa shape index (κ2) is 5.90. The smallest absolute Gasteiger partial charge is 0.200 e. The van der Waals surface area contributed by atoms with Crippen molar-refractivity contribution in [3.05, 3.63) is 75.7 Å². The summed E-state index contributed by atoms with van der Waals surface area (Å²) in [6.07, 6.45) is 0. The second-order valence-corrected chi connectivity index (χ2v) is 6.19. The molecule has 5 heteroatoms. The average Bonchev–Trinajstić information content (AvgIpc) is 2.61. The molecule has 25 heavy (non-hydrogen) atoms. The van der Waals surface area contributed by atoms with E-state index in [-0.39, 0.29) is 10.8 Å². The molecule has 0 amide bonds. The van der Waals surface area contributed by atoms with Gasteiger partial charge in [0.1, 0.15) is 11.6 Å². The van der Waals surface area contributed by atoms with Gasteiger partial charge in [-0.3, -0.25) is 4.79 Å². The average molecular weight is 354 g/mol. The van der Waals surface area contributed by atoms with Crippen LogP contribution in [0.15, 0.2) is 59.4 Å². The lowest BCUT2D eigenvalue weighted by Crippen LogP contribution is -2.06. The van der Waals surface area contributed by atoms with Crippen LogP contribution in [-0.2, 0) is 0 Å². The Balaban J connectivity index is 2.00. The number of fused-ring (bicyclic) bond motifs is 2. The van der Waals surface area contributed by atoms with Crippen LogP contribution in [0.3, 0.4) is 0 Å². The Kier molecular flexibility index (Phi) is 3.70. The van der Waals surface area contributed by atoms with Gasteiger partial charge in [-0.2, -0.15) is 0 Å². The van der Waals surface area contributed by atoms with Gasteiger partial charge in [-0.1, -0.05) is 29.8 Å². The minimum absolute atomic E-state index is 0.0348. The number of hydrogen-bond acceptors (Lipinski definition) is 2. The number of ether oxygens (including phenoxy) is 1. The number of aromatic nitrogens is 1. The minimum Gasteiger partial charge on any atom is -0.497 e. The van der Waals surface area contributed by atoms with E-state index in [0.717, 1.165) is 11.1 Å². The van der Waals surface area contributed by atoms with Gasteiger partial charge in [-0.05, 0) is 35.4 Å². The van der Waals surface area contributed by atoms with E-state index in [1.165, 1.54) is 13.2 Å². The number of nitrogens with one attached hydrogen (secondary N) is 1. The van der Waals surface area contributed by atoms with E-state index in [2.05, 4.69) is 4.98 Å². The SMILES string of the molecule is COc1cc(F)c2c(=O)c3ccc(-c4ccc(Cl)cc4)cc3[nH]c2c1. The van der Waals surface area contributed by atoms with Gasteiger partial charge in [0.2, 0.25) is 0 Å². The lowest BCUT2D eigenvalue weighted by atomic mass is 10.0. The molecule has 0 fully saturated rings. The van der Waals surface area contributed by atoms with Crippen molar-refractivity contribution < 1.29 is 9.13 Å². The van der Waals surface area contributed by atoms with Crippen LogP contribution in [0.4, 0.5) is 4.39 Å². The van der Waals surface area contributed by atoms with Gasteiger partial charge in [0.25, 0.3) is 0 Å². The quantitative estimate of drug-likeness (QED) is 0.506. The second-order valence-electron chi connectivity index (χ2n) is 5.75. The number of pyridine rings is 1. The van der Waals surface area contributed by atoms with Crippen LogP contribution >= 0.6 is 11.6 Å². The summed E-state index contributed by atoms with van der Waals surface area (Å²) < 4.78 is 19.4. The highest BCUT2D eigenvalue weighted by atomic mass is 35.5. The highest BCUT2D eigenvalue weighted by Gasteiger charge is 2.12. The maximum absolute atomic E-state index is 14.3. The molecule has 3 nitrogen and oxygen atoms in total. The van der Waals surface area contributed by atoms with Crippen LogP contribution in [0.25, 0.3) is 32.9 Å². The Hall–Kier alpha value is -2.85. The molecular weight excluding hydrogens is 341 g/mol. The molecule has 0 saturated carbocycles. The Bertz CT molecular complexity index is 1170. The summed E-state index contributed by atoms with van der Waals surface area (Å²) >= 11 is 5.93. The van der Waals surface area contributed by atoms with Crippen molar-refractivity contribution >= 4 is 33.4 Å². The maximum Gasteiger partial charge on any atom is 0.200 e. The molecule has 124 valence electrons. The molecule has 3 aromatic carbocycles. The molecule has 0 unspecified atom stereocenters. The zero-order chi connectivity index (χ0) is 17.6. The number of halogens is 2. The first kappa shape index (κ1) is 15.7. The van der Waals surface area contributed by atoms with Crippen molar-refractivity contribution in [1.29, 1.82) is 0 Å². The van der Waals surface area contributed by atoms with E-state index in [0.29, 0.717) is 27.2 Å². The highest BCUT2D eigenvalue weighted by Crippen LogP contribution is 2.27. The van der Waals surface area contributed by atoms with Gasteiger partial charge in [0.15, 0.2) is 5.43 Å². The predicted molar refractivity (Wildman–Crippen MR) is 99.0 cm³/mol. The molecule has 0 aliphatic rings. The molecule has 0 atom stereocenters. The van der Waals surface area contributed by atoms with Crippen LogP contribution in [0.2, 0.25) is 5.02 Å². The summed E-state index contributed by atoms with van der Waals surface area (Å²) in [6, 6.07) is 15.7. The molecule has 0 radical (unpaired) electrons. The van der Waals surface area contributed by atoms with Gasteiger partial charge >= 0.3 is 0 Å². The van der Waals surface area contributed by atoms with E-state index in [1.54, 1.807) is 12.1 Å². The fourth-order valence-electron chi connectivity index (χ4n) is 2.98. The Morgan fingerprint density at radius 3 is 2.40 bits per heavy atom. The van der Waals surface area contributed by atoms with Crippen molar-refractivity contribution in [3.8, 4) is 16.9 Å². The van der Waals surface area contributed by atoms with E-state index < -0.39 is 5.82 Å². The van der Waals surface area contributed by atoms with Gasteiger partial charge < -0.3 is 9.72 Å². The van der Waals surface area contributed by atoms with Crippen LogP contribution in [0.1, 0.15) is 0 Å². The summed E-state index contributed by atoms with van der Waals surface area (Å²) in [5, 5.41) is 1.13. The van der Waals surface area contributed by atoms with Crippen LogP contribution in [0, 0.1) is 5.82 Å². The number of methoxy groups -OCH3 is 1. The highest BCUT2D eigenvalue weighted by molar-refractivity contribution is 6.30. The summed E-state index contributed by atoms with van der Waals surface area (Å²) in [5.74, 6) is -0.242. The van der Waals surface area contributed by atoms with Crippen LogP contribution in [0.5, 0.6) is 5.75 Å². The van der Waals surface area contributed by atoms with E-state index in [9.17, 15) is 9.18 Å². The molecule has 0 saturated heterocycles. The van der Waals surface area contributed by atoms with Crippen LogP contribution in [-0.4, -0.2) is 12.1 Å². The third kappa shape index (κ3) is 2.65. The van der Waals surface area contributed by atoms with Gasteiger partial charge in [0.05, 0.1) is 23.5 Å². The maximum atomic E-state index is 14.3. The van der Waals surface area contributed by atoms with E-state index in [1.807, 2.05) is 36.4 Å². The first-order chi connectivity index (χ1) is 12.1. The summed E-state index contributed by atoms with van der Waals surface area (Å²) in [7, 11) is 1.46. The number of H-pyrrole nitrogens is 1. The minimum atomic E-state index is -0.598. The fraction of sp³-hybridized carbons (Fsp3) is 0.0500. The van der Waals surface area contributed by atoms with Crippen molar-refractivity contribution in [2.45, 2.75) is 0 Å². The monoisotopic (exact) mass is 353 g/mol. The molecular formula is C20H13ClFNO2. The molecule has 0 aliphatic carbocycles. The topological polar surface area (TPSA) is 42.1 Å². The first-order valence-electron chi connectivity index (χ1n) is 7.66. The number of aromatic amines is 1. The van der Waals surface area contributed by atoms with Crippen molar-refractivity contribution in [3.63, 3.8) is 0 Å². The lowest BCUT2D eigenvalue weighted by Gasteiger charge is -2.08. The van der Waals surface area contributed by atoms with Crippen molar-refractivity contribution in [2.24, 2.45) is 0 Å². The van der Waals surface area contributed by atoms with Crippen molar-refractivity contribution in [2.75, 3.05) is 7.11 Å². The van der Waals surface area contributed by atoms with Crippen LogP contribution < -0.4 is 10.2 Å². The van der Waals surface area contributed by atoms with Crippen molar-refractivity contribution in [1.82, 2.24) is 4.98 Å². The third-order valence-corrected chi connectivity index (χ3v) is 4.49. The summed E-state index contributed by atoms with van der Waals surface area (Å²) in [5.41, 5.74) is 2.61. The zero-order valence-electron chi connectivity index (χ0n) is 13.3. The van der Waals surface area contributed by atoms with E-state index in [4.69, 9.17) is 16.3 Å². The van der Waals surface area contributed by atoms with E-state index >= 15 is 0 Å². The standard InChI is InChI=1S/C20H13ClFNO2/c1-25-14-9-16(22)19-18(10-14)23-17-8-12(4-7-15(17)20(19)24)11-2-5-13(21)6-3-11/h2-10H,1H3,(H,23,24). The molecule has 1 aromatic heterocycles. The summed E-state index contributed by atoms with van der Waals surface area (Å²) in [4.78, 5) is 15.8. The summed E-state index contributed by atoms with van der Waals surface area (Å²) in [6.45, 7) is 0. The number of benzene rings is 3. The molecule has 1 heterocycles. The van der Waals surface area contributed by atoms with Gasteiger partial charge in [-0.25, -0.2) is 4.39 Å². The molecule has 0 bridgehead atoms. The predicted octanol–water partition coefficient (Wildman–Crippen LogP) is 5.15. The zero-order valence-corrected chi connectivity index (χ0v) is 14.0. The Morgan fingerprint density at radius 2 is 1.68 bits per heavy atom. The normalized spacial score (nSPS) is 11.2. The molecule has 1 N–H and O–H groups in total. The largest absolute Gasteiger partial charge is 0.497 e. The lowest BCUT2D eigenvalue weighted by molar-refractivity contribution is 0.412. The molecule has 0 aliphatic heterocycles. The Morgan fingerprint density at radius 1 is 0.960 bits per heavy atom. The first-order valence-corrected chi connectivity index (χ1v) is 8.04. The molecule has 4 rings (SSSR count). The van der Waals surface area contributed by atoms with Gasteiger partial charge in [-0.15, -0.1) is 0 Å².